The van der Waals surface area contributed by atoms with Gasteiger partial charge in [0.15, 0.2) is 0 Å². The zero-order valence-electron chi connectivity index (χ0n) is 22.3. The molecule has 1 saturated heterocycles. The molecule has 4 heterocycles. The normalized spacial score (nSPS) is 16.7. The van der Waals surface area contributed by atoms with Crippen molar-refractivity contribution in [3.63, 3.8) is 0 Å². The number of hydrogen-bond donors (Lipinski definition) is 1. The molecule has 7 heteroatoms. The van der Waals surface area contributed by atoms with Gasteiger partial charge in [-0.25, -0.2) is 4.98 Å². The third kappa shape index (κ3) is 5.41. The van der Waals surface area contributed by atoms with Gasteiger partial charge in [0.05, 0.1) is 18.2 Å². The molecular weight excluding hydrogens is 476 g/mol. The SMILES string of the molecule is Cn1c2ccncc2c2ccc(-c3ccc(OCCCCOCCCCOC4CC5(CNC5)C4)nc3)cc21. The Morgan fingerprint density at radius 3 is 2.42 bits per heavy atom. The van der Waals surface area contributed by atoms with E-state index in [-0.39, 0.29) is 0 Å². The van der Waals surface area contributed by atoms with Crippen molar-refractivity contribution >= 4 is 21.8 Å². The lowest BCUT2D eigenvalue weighted by atomic mass is 9.63. The molecule has 0 bridgehead atoms. The van der Waals surface area contributed by atoms with Crippen LogP contribution < -0.4 is 10.1 Å². The predicted octanol–water partition coefficient (Wildman–Crippen LogP) is 5.51. The second-order valence-electron chi connectivity index (χ2n) is 10.9. The van der Waals surface area contributed by atoms with Gasteiger partial charge in [0, 0.05) is 91.9 Å². The van der Waals surface area contributed by atoms with Crippen LogP contribution in [0.25, 0.3) is 32.9 Å². The average molecular weight is 515 g/mol. The van der Waals surface area contributed by atoms with E-state index in [1.165, 1.54) is 47.7 Å². The molecule has 1 N–H and O–H groups in total. The van der Waals surface area contributed by atoms with Gasteiger partial charge in [0.1, 0.15) is 0 Å². The van der Waals surface area contributed by atoms with Gasteiger partial charge in [0.2, 0.25) is 5.88 Å². The Kier molecular flexibility index (Phi) is 7.58. The van der Waals surface area contributed by atoms with Crippen molar-refractivity contribution in [2.75, 3.05) is 39.5 Å². The number of ether oxygens (including phenoxy) is 3. The van der Waals surface area contributed by atoms with E-state index in [2.05, 4.69) is 57.2 Å². The van der Waals surface area contributed by atoms with E-state index < -0.39 is 0 Å². The summed E-state index contributed by atoms with van der Waals surface area (Å²) in [6, 6.07) is 12.6. The summed E-state index contributed by atoms with van der Waals surface area (Å²) in [5.74, 6) is 0.664. The number of aromatic nitrogens is 3. The Labute approximate surface area is 224 Å². The maximum Gasteiger partial charge on any atom is 0.213 e. The topological polar surface area (TPSA) is 70.4 Å². The fourth-order valence-corrected chi connectivity index (χ4v) is 5.80. The highest BCUT2D eigenvalue weighted by molar-refractivity contribution is 6.08. The van der Waals surface area contributed by atoms with E-state index in [1.807, 2.05) is 24.7 Å². The number of fused-ring (bicyclic) bond motifs is 3. The fourth-order valence-electron chi connectivity index (χ4n) is 5.80. The van der Waals surface area contributed by atoms with Crippen LogP contribution in [0.3, 0.4) is 0 Å². The first-order valence-electron chi connectivity index (χ1n) is 14.0. The maximum atomic E-state index is 5.97. The van der Waals surface area contributed by atoms with Crippen LogP contribution in [0.15, 0.2) is 55.0 Å². The zero-order chi connectivity index (χ0) is 25.8. The van der Waals surface area contributed by atoms with Crippen molar-refractivity contribution in [1.29, 1.82) is 0 Å². The third-order valence-electron chi connectivity index (χ3n) is 8.17. The van der Waals surface area contributed by atoms with Crippen LogP contribution in [-0.2, 0) is 16.5 Å². The van der Waals surface area contributed by atoms with Crippen LogP contribution >= 0.6 is 0 Å². The molecule has 7 nitrogen and oxygen atoms in total. The van der Waals surface area contributed by atoms with Crippen molar-refractivity contribution in [2.24, 2.45) is 12.5 Å². The summed E-state index contributed by atoms with van der Waals surface area (Å²) in [6.07, 6.45) is 12.8. The van der Waals surface area contributed by atoms with Crippen LogP contribution in [0.5, 0.6) is 5.88 Å². The van der Waals surface area contributed by atoms with Gasteiger partial charge in [0.25, 0.3) is 0 Å². The molecule has 38 heavy (non-hydrogen) atoms. The summed E-state index contributed by atoms with van der Waals surface area (Å²) in [7, 11) is 2.10. The maximum absolute atomic E-state index is 5.97. The van der Waals surface area contributed by atoms with E-state index >= 15 is 0 Å². The molecule has 0 radical (unpaired) electrons. The summed E-state index contributed by atoms with van der Waals surface area (Å²) in [4.78, 5) is 8.82. The van der Waals surface area contributed by atoms with E-state index in [0.29, 0.717) is 24.0 Å². The third-order valence-corrected chi connectivity index (χ3v) is 8.17. The van der Waals surface area contributed by atoms with Crippen molar-refractivity contribution in [2.45, 2.75) is 44.6 Å². The number of hydrogen-bond acceptors (Lipinski definition) is 6. The Balaban J connectivity index is 0.858. The minimum Gasteiger partial charge on any atom is -0.478 e. The van der Waals surface area contributed by atoms with Gasteiger partial charge in [-0.1, -0.05) is 12.1 Å². The highest BCUT2D eigenvalue weighted by atomic mass is 16.5. The summed E-state index contributed by atoms with van der Waals surface area (Å²) >= 11 is 0. The summed E-state index contributed by atoms with van der Waals surface area (Å²) in [6.45, 7) is 5.49. The van der Waals surface area contributed by atoms with Gasteiger partial charge in [-0.2, -0.15) is 0 Å². The van der Waals surface area contributed by atoms with Gasteiger partial charge in [-0.15, -0.1) is 0 Å². The van der Waals surface area contributed by atoms with Crippen molar-refractivity contribution in [1.82, 2.24) is 19.9 Å². The second kappa shape index (κ2) is 11.4. The number of unbranched alkanes of at least 4 members (excludes halogenated alkanes) is 2. The van der Waals surface area contributed by atoms with Crippen LogP contribution in [0.1, 0.15) is 38.5 Å². The monoisotopic (exact) mass is 514 g/mol. The first kappa shape index (κ1) is 25.3. The molecule has 2 fully saturated rings. The number of nitrogens with one attached hydrogen (secondary N) is 1. The van der Waals surface area contributed by atoms with Crippen LogP contribution in [0.4, 0.5) is 0 Å². The number of benzene rings is 1. The van der Waals surface area contributed by atoms with Gasteiger partial charge >= 0.3 is 0 Å². The summed E-state index contributed by atoms with van der Waals surface area (Å²) in [5, 5.41) is 5.77. The van der Waals surface area contributed by atoms with Crippen molar-refractivity contribution < 1.29 is 14.2 Å². The lowest BCUT2D eigenvalue weighted by molar-refractivity contribution is -0.104. The molecule has 4 aromatic rings. The molecule has 0 amide bonds. The van der Waals surface area contributed by atoms with Crippen LogP contribution in [0.2, 0.25) is 0 Å². The summed E-state index contributed by atoms with van der Waals surface area (Å²) < 4.78 is 19.8. The number of pyridine rings is 2. The molecule has 1 spiro atoms. The molecule has 0 atom stereocenters. The Hall–Kier alpha value is -3.00. The van der Waals surface area contributed by atoms with E-state index in [4.69, 9.17) is 14.2 Å². The highest BCUT2D eigenvalue weighted by Gasteiger charge is 2.48. The quantitative estimate of drug-likeness (QED) is 0.237. The lowest BCUT2D eigenvalue weighted by Gasteiger charge is -2.54. The largest absolute Gasteiger partial charge is 0.478 e. The molecule has 3 aromatic heterocycles. The molecule has 1 aliphatic heterocycles. The van der Waals surface area contributed by atoms with Crippen molar-refractivity contribution in [3.8, 4) is 17.0 Å². The number of aryl methyl sites for hydroxylation is 1. The van der Waals surface area contributed by atoms with E-state index in [0.717, 1.165) is 56.6 Å². The van der Waals surface area contributed by atoms with E-state index in [9.17, 15) is 0 Å². The van der Waals surface area contributed by atoms with Gasteiger partial charge < -0.3 is 24.1 Å². The standard InChI is InChI=1S/C31H38N4O3/c1-35-28-10-11-32-20-27(28)26-8-6-23(16-29(26)35)24-7-9-30(34-19-24)38-15-5-3-13-36-12-2-4-14-37-25-17-31(18-25)21-33-22-31/h6-11,16,19-20,25,33H,2-5,12-15,17-18,21-22H2,1H3. The Morgan fingerprint density at radius 1 is 0.868 bits per heavy atom. The second-order valence-corrected chi connectivity index (χ2v) is 10.9. The first-order valence-corrected chi connectivity index (χ1v) is 14.0. The first-order chi connectivity index (χ1) is 18.7. The molecule has 1 aliphatic carbocycles. The molecule has 1 saturated carbocycles. The van der Waals surface area contributed by atoms with Gasteiger partial charge in [-0.3, -0.25) is 4.98 Å². The smallest absolute Gasteiger partial charge is 0.213 e. The Bertz CT molecular complexity index is 1360. The molecule has 2 aliphatic rings. The van der Waals surface area contributed by atoms with E-state index in [1.54, 1.807) is 0 Å². The molecule has 200 valence electrons. The van der Waals surface area contributed by atoms with Crippen LogP contribution in [-0.4, -0.2) is 60.2 Å². The lowest BCUT2D eigenvalue weighted by Crippen LogP contribution is -2.62. The highest BCUT2D eigenvalue weighted by Crippen LogP contribution is 2.45. The predicted molar refractivity (Wildman–Crippen MR) is 151 cm³/mol. The zero-order valence-corrected chi connectivity index (χ0v) is 22.3. The van der Waals surface area contributed by atoms with Gasteiger partial charge in [-0.05, 0) is 62.3 Å². The molecular formula is C31H38N4O3. The Morgan fingerprint density at radius 2 is 1.66 bits per heavy atom. The molecule has 1 aromatic carbocycles. The minimum absolute atomic E-state index is 0.501. The number of rotatable bonds is 13. The molecule has 6 rings (SSSR count). The minimum atomic E-state index is 0.501. The molecule has 0 unspecified atom stereocenters. The van der Waals surface area contributed by atoms with Crippen LogP contribution in [0, 0.1) is 5.41 Å². The average Bonchev–Trinajstić information content (AvgIpc) is 3.19. The number of nitrogens with zero attached hydrogens (tertiary/aromatic N) is 3. The van der Waals surface area contributed by atoms with Crippen molar-refractivity contribution in [3.05, 3.63) is 55.0 Å². The fraction of sp³-hybridized carbons (Fsp3) is 0.484. The summed E-state index contributed by atoms with van der Waals surface area (Å²) in [5.41, 5.74) is 5.20.